The molecule has 1 unspecified atom stereocenters. The van der Waals surface area contributed by atoms with Gasteiger partial charge in [-0.3, -0.25) is 9.69 Å². The van der Waals surface area contributed by atoms with Crippen molar-refractivity contribution < 1.29 is 14.3 Å². The zero-order valence-electron chi connectivity index (χ0n) is 23.9. The molecule has 0 aromatic heterocycles. The van der Waals surface area contributed by atoms with Gasteiger partial charge in [0, 0.05) is 37.9 Å². The van der Waals surface area contributed by atoms with Crippen LogP contribution in [0.1, 0.15) is 55.0 Å². The van der Waals surface area contributed by atoms with E-state index in [1.807, 2.05) is 36.4 Å². The zero-order valence-corrected chi connectivity index (χ0v) is 23.9. The second kappa shape index (κ2) is 14.0. The summed E-state index contributed by atoms with van der Waals surface area (Å²) in [6.07, 6.45) is 3.98. The molecule has 3 aromatic carbocycles. The lowest BCUT2D eigenvalue weighted by Crippen LogP contribution is -2.43. The topological polar surface area (TPSA) is 54.0 Å². The minimum absolute atomic E-state index is 0.0494. The Morgan fingerprint density at radius 2 is 1.67 bits per heavy atom. The van der Waals surface area contributed by atoms with E-state index in [0.717, 1.165) is 67.9 Å². The van der Waals surface area contributed by atoms with Crippen LogP contribution in [0.4, 0.5) is 5.69 Å². The van der Waals surface area contributed by atoms with Gasteiger partial charge in [-0.15, -0.1) is 0 Å². The van der Waals surface area contributed by atoms with Gasteiger partial charge in [0.2, 0.25) is 5.91 Å². The van der Waals surface area contributed by atoms with E-state index in [-0.39, 0.29) is 11.9 Å². The Morgan fingerprint density at radius 3 is 2.36 bits per heavy atom. The largest absolute Gasteiger partial charge is 0.493 e. The van der Waals surface area contributed by atoms with Crippen molar-refractivity contribution in [2.75, 3.05) is 45.3 Å². The molecule has 208 valence electrons. The van der Waals surface area contributed by atoms with Crippen LogP contribution < -0.4 is 19.7 Å². The number of fused-ring (bicyclic) bond motifs is 1. The maximum atomic E-state index is 13.1. The van der Waals surface area contributed by atoms with E-state index in [4.69, 9.17) is 9.47 Å². The fourth-order valence-corrected chi connectivity index (χ4v) is 5.55. The molecule has 0 radical (unpaired) electrons. The summed E-state index contributed by atoms with van der Waals surface area (Å²) in [5.74, 6) is 1.50. The number of rotatable bonds is 13. The highest BCUT2D eigenvalue weighted by atomic mass is 16.5. The van der Waals surface area contributed by atoms with Crippen LogP contribution >= 0.6 is 0 Å². The van der Waals surface area contributed by atoms with Gasteiger partial charge in [0.15, 0.2) is 11.5 Å². The smallest absolute Gasteiger partial charge is 0.234 e. The van der Waals surface area contributed by atoms with E-state index in [2.05, 4.69) is 59.3 Å². The molecule has 1 atom stereocenters. The van der Waals surface area contributed by atoms with Crippen molar-refractivity contribution in [3.05, 3.63) is 89.0 Å². The molecule has 3 aromatic rings. The molecular weight excluding hydrogens is 486 g/mol. The molecule has 0 bridgehead atoms. The predicted molar refractivity (Wildman–Crippen MR) is 159 cm³/mol. The molecule has 1 aliphatic rings. The highest BCUT2D eigenvalue weighted by Crippen LogP contribution is 2.36. The maximum Gasteiger partial charge on any atom is 0.234 e. The average molecular weight is 530 g/mol. The second-order valence-corrected chi connectivity index (χ2v) is 10.3. The number of carbonyl (C=O) groups excluding carboxylic acids is 1. The van der Waals surface area contributed by atoms with E-state index >= 15 is 0 Å². The lowest BCUT2D eigenvalue weighted by Gasteiger charge is -2.38. The maximum absolute atomic E-state index is 13.1. The number of hydrogen-bond donors (Lipinski definition) is 1. The molecule has 0 fully saturated rings. The van der Waals surface area contributed by atoms with E-state index in [1.165, 1.54) is 16.8 Å². The molecule has 1 aliphatic heterocycles. The summed E-state index contributed by atoms with van der Waals surface area (Å²) in [6, 6.07) is 23.2. The van der Waals surface area contributed by atoms with Gasteiger partial charge in [-0.05, 0) is 72.2 Å². The molecule has 1 amide bonds. The Labute approximate surface area is 233 Å². The van der Waals surface area contributed by atoms with E-state index in [1.54, 1.807) is 14.2 Å². The van der Waals surface area contributed by atoms with Gasteiger partial charge >= 0.3 is 0 Å². The Balaban J connectivity index is 1.59. The van der Waals surface area contributed by atoms with Crippen molar-refractivity contribution in [2.24, 2.45) is 0 Å². The van der Waals surface area contributed by atoms with Gasteiger partial charge in [0.05, 0.1) is 20.8 Å². The van der Waals surface area contributed by atoms with Crippen molar-refractivity contribution in [2.45, 2.75) is 52.1 Å². The fraction of sp³-hybridized carbons (Fsp3) is 0.424. The summed E-state index contributed by atoms with van der Waals surface area (Å²) >= 11 is 0. The zero-order chi connectivity index (χ0) is 27.6. The van der Waals surface area contributed by atoms with Crippen LogP contribution in [0, 0.1) is 0 Å². The lowest BCUT2D eigenvalue weighted by atomic mass is 9.88. The number of hydrogen-bond acceptors (Lipinski definition) is 5. The van der Waals surface area contributed by atoms with Gasteiger partial charge in [0.1, 0.15) is 0 Å². The average Bonchev–Trinajstić information content (AvgIpc) is 2.97. The standard InChI is InChI=1S/C33H43N3O3/c1-5-17-35(18-6-2)28-13-14-29-27(22-28)16-19-36(24-33(37)34-23-25-10-8-7-9-11-25)30(29)20-26-12-15-31(38-3)32(21-26)39-4/h7-15,21-22,30H,5-6,16-20,23-24H2,1-4H3,(H,34,37). The van der Waals surface area contributed by atoms with Gasteiger partial charge in [-0.1, -0.05) is 56.3 Å². The molecule has 39 heavy (non-hydrogen) atoms. The number of amides is 1. The molecule has 6 heteroatoms. The SMILES string of the molecule is CCCN(CCC)c1ccc2c(c1)CCN(CC(=O)NCc1ccccc1)C2Cc1ccc(OC)c(OC)c1. The normalized spacial score (nSPS) is 14.9. The first-order chi connectivity index (χ1) is 19.1. The van der Waals surface area contributed by atoms with Crippen molar-refractivity contribution in [3.63, 3.8) is 0 Å². The van der Waals surface area contributed by atoms with Crippen LogP contribution in [-0.2, 0) is 24.2 Å². The first-order valence-corrected chi connectivity index (χ1v) is 14.2. The van der Waals surface area contributed by atoms with Crippen LogP contribution in [0.5, 0.6) is 11.5 Å². The molecule has 0 aliphatic carbocycles. The van der Waals surface area contributed by atoms with E-state index in [9.17, 15) is 4.79 Å². The van der Waals surface area contributed by atoms with E-state index in [0.29, 0.717) is 13.1 Å². The van der Waals surface area contributed by atoms with Crippen LogP contribution in [0.2, 0.25) is 0 Å². The third kappa shape index (κ3) is 7.33. The molecular formula is C33H43N3O3. The molecule has 0 saturated carbocycles. The van der Waals surface area contributed by atoms with Crippen LogP contribution in [0.3, 0.4) is 0 Å². The highest BCUT2D eigenvalue weighted by Gasteiger charge is 2.30. The summed E-state index contributed by atoms with van der Waals surface area (Å²) in [7, 11) is 3.32. The molecule has 0 saturated heterocycles. The third-order valence-electron chi connectivity index (χ3n) is 7.50. The Bertz CT molecular complexity index is 1210. The summed E-state index contributed by atoms with van der Waals surface area (Å²) in [6.45, 7) is 8.35. The number of benzene rings is 3. The quantitative estimate of drug-likeness (QED) is 0.304. The molecule has 1 heterocycles. The van der Waals surface area contributed by atoms with Crippen LogP contribution in [0.25, 0.3) is 0 Å². The Kier molecular flexibility index (Phi) is 10.3. The monoisotopic (exact) mass is 529 g/mol. The van der Waals surface area contributed by atoms with Gasteiger partial charge < -0.3 is 19.7 Å². The van der Waals surface area contributed by atoms with Crippen molar-refractivity contribution in [1.29, 1.82) is 0 Å². The summed E-state index contributed by atoms with van der Waals surface area (Å²) < 4.78 is 11.0. The predicted octanol–water partition coefficient (Wildman–Crippen LogP) is 5.79. The molecule has 0 spiro atoms. The molecule has 4 rings (SSSR count). The fourth-order valence-electron chi connectivity index (χ4n) is 5.55. The van der Waals surface area contributed by atoms with E-state index < -0.39 is 0 Å². The number of nitrogens with zero attached hydrogens (tertiary/aromatic N) is 2. The number of carbonyl (C=O) groups is 1. The number of nitrogens with one attached hydrogen (secondary N) is 1. The molecule has 1 N–H and O–H groups in total. The third-order valence-corrected chi connectivity index (χ3v) is 7.50. The first kappa shape index (κ1) is 28.5. The van der Waals surface area contributed by atoms with Crippen molar-refractivity contribution in [1.82, 2.24) is 10.2 Å². The first-order valence-electron chi connectivity index (χ1n) is 14.2. The number of anilines is 1. The molecule has 6 nitrogen and oxygen atoms in total. The van der Waals surface area contributed by atoms with Crippen LogP contribution in [0.15, 0.2) is 66.7 Å². The lowest BCUT2D eigenvalue weighted by molar-refractivity contribution is -0.123. The minimum atomic E-state index is 0.0494. The van der Waals surface area contributed by atoms with Gasteiger partial charge in [-0.2, -0.15) is 0 Å². The second-order valence-electron chi connectivity index (χ2n) is 10.3. The van der Waals surface area contributed by atoms with Gasteiger partial charge in [0.25, 0.3) is 0 Å². The van der Waals surface area contributed by atoms with Crippen LogP contribution in [-0.4, -0.2) is 51.2 Å². The van der Waals surface area contributed by atoms with Gasteiger partial charge in [-0.25, -0.2) is 0 Å². The van der Waals surface area contributed by atoms with Crippen molar-refractivity contribution >= 4 is 11.6 Å². The summed E-state index contributed by atoms with van der Waals surface area (Å²) in [5.41, 5.74) is 6.26. The highest BCUT2D eigenvalue weighted by molar-refractivity contribution is 5.78. The Hall–Kier alpha value is -3.51. The Morgan fingerprint density at radius 1 is 0.923 bits per heavy atom. The number of ether oxygens (including phenoxy) is 2. The number of methoxy groups -OCH3 is 2. The minimum Gasteiger partial charge on any atom is -0.493 e. The summed E-state index contributed by atoms with van der Waals surface area (Å²) in [5, 5.41) is 3.12. The summed E-state index contributed by atoms with van der Waals surface area (Å²) in [4.78, 5) is 17.9. The van der Waals surface area contributed by atoms with Crippen molar-refractivity contribution in [3.8, 4) is 11.5 Å².